The molecule has 0 radical (unpaired) electrons. The third kappa shape index (κ3) is 4.66. The Morgan fingerprint density at radius 1 is 1.07 bits per heavy atom. The van der Waals surface area contributed by atoms with Crippen LogP contribution in [0.3, 0.4) is 0 Å². The topological polar surface area (TPSA) is 85.8 Å². The van der Waals surface area contributed by atoms with E-state index < -0.39 is 6.09 Å². The van der Waals surface area contributed by atoms with Crippen molar-refractivity contribution in [1.29, 1.82) is 0 Å². The van der Waals surface area contributed by atoms with Crippen molar-refractivity contribution in [3.8, 4) is 22.9 Å². The molecule has 3 aromatic rings. The maximum Gasteiger partial charge on any atom is 0.417 e. The van der Waals surface area contributed by atoms with Gasteiger partial charge in [-0.1, -0.05) is 18.2 Å². The van der Waals surface area contributed by atoms with Crippen molar-refractivity contribution < 1.29 is 19.0 Å². The molecule has 1 amide bonds. The van der Waals surface area contributed by atoms with E-state index in [-0.39, 0.29) is 0 Å². The molecule has 0 saturated carbocycles. The molecule has 1 aliphatic heterocycles. The Labute approximate surface area is 174 Å². The summed E-state index contributed by atoms with van der Waals surface area (Å²) >= 11 is 0. The van der Waals surface area contributed by atoms with Gasteiger partial charge in [-0.05, 0) is 36.4 Å². The Bertz CT molecular complexity index is 990. The van der Waals surface area contributed by atoms with Gasteiger partial charge in [0.2, 0.25) is 0 Å². The molecule has 4 rings (SSSR count). The number of methoxy groups -OCH3 is 1. The molecule has 1 saturated heterocycles. The van der Waals surface area contributed by atoms with Crippen LogP contribution in [-0.4, -0.2) is 49.5 Å². The van der Waals surface area contributed by atoms with Crippen LogP contribution < -0.4 is 19.7 Å². The second kappa shape index (κ2) is 9.23. The third-order valence-corrected chi connectivity index (χ3v) is 4.61. The quantitative estimate of drug-likeness (QED) is 0.693. The highest BCUT2D eigenvalue weighted by atomic mass is 16.6. The molecule has 0 bridgehead atoms. The summed E-state index contributed by atoms with van der Waals surface area (Å²) in [7, 11) is 1.61. The van der Waals surface area contributed by atoms with Gasteiger partial charge in [0.25, 0.3) is 0 Å². The molecule has 1 N–H and O–H groups in total. The fraction of sp³-hybridized carbons (Fsp3) is 0.227. The van der Waals surface area contributed by atoms with Gasteiger partial charge in [-0.3, -0.25) is 5.32 Å². The lowest BCUT2D eigenvalue weighted by atomic mass is 10.2. The largest absolute Gasteiger partial charge is 0.491 e. The van der Waals surface area contributed by atoms with Crippen LogP contribution in [0.4, 0.5) is 16.3 Å². The van der Waals surface area contributed by atoms with E-state index in [2.05, 4.69) is 15.2 Å². The number of aromatic nitrogens is 2. The van der Waals surface area contributed by atoms with Crippen molar-refractivity contribution in [2.75, 3.05) is 43.6 Å². The maximum atomic E-state index is 12.0. The minimum Gasteiger partial charge on any atom is -0.491 e. The average Bonchev–Trinajstić information content (AvgIpc) is 2.80. The molecule has 2 aromatic carbocycles. The summed E-state index contributed by atoms with van der Waals surface area (Å²) in [6.07, 6.45) is 1.13. The number of hydrogen-bond acceptors (Lipinski definition) is 7. The minimum atomic E-state index is -0.552. The van der Waals surface area contributed by atoms with Gasteiger partial charge in [0.05, 0.1) is 26.5 Å². The summed E-state index contributed by atoms with van der Waals surface area (Å²) in [5.74, 6) is 2.44. The minimum absolute atomic E-state index is 0.480. The molecule has 30 heavy (non-hydrogen) atoms. The summed E-state index contributed by atoms with van der Waals surface area (Å²) in [6.45, 7) is 2.81. The molecule has 1 aliphatic rings. The number of morpholine rings is 1. The normalized spacial score (nSPS) is 13.6. The number of carbonyl (C=O) groups excluding carboxylic acids is 1. The first-order valence-electron chi connectivity index (χ1n) is 9.61. The van der Waals surface area contributed by atoms with E-state index in [4.69, 9.17) is 19.2 Å². The molecule has 1 aromatic heterocycles. The summed E-state index contributed by atoms with van der Waals surface area (Å²) in [6, 6.07) is 16.2. The number of rotatable bonds is 5. The zero-order valence-corrected chi connectivity index (χ0v) is 16.6. The van der Waals surface area contributed by atoms with Gasteiger partial charge in [-0.15, -0.1) is 0 Å². The number of nitrogens with one attached hydrogen (secondary N) is 1. The predicted octanol–water partition coefficient (Wildman–Crippen LogP) is 3.60. The van der Waals surface area contributed by atoms with Crippen LogP contribution in [0.2, 0.25) is 0 Å². The lowest BCUT2D eigenvalue weighted by Crippen LogP contribution is -2.37. The second-order valence-corrected chi connectivity index (χ2v) is 6.59. The predicted molar refractivity (Wildman–Crippen MR) is 113 cm³/mol. The van der Waals surface area contributed by atoms with Crippen LogP contribution in [0.5, 0.6) is 11.5 Å². The van der Waals surface area contributed by atoms with Crippen molar-refractivity contribution in [3.05, 3.63) is 60.8 Å². The summed E-state index contributed by atoms with van der Waals surface area (Å²) in [5.41, 5.74) is 1.44. The Kier molecular flexibility index (Phi) is 6.05. The van der Waals surface area contributed by atoms with Gasteiger partial charge in [0, 0.05) is 24.3 Å². The van der Waals surface area contributed by atoms with Gasteiger partial charge >= 0.3 is 6.09 Å². The number of ether oxygens (including phenoxy) is 3. The highest BCUT2D eigenvalue weighted by Crippen LogP contribution is 2.29. The highest BCUT2D eigenvalue weighted by molar-refractivity contribution is 5.86. The fourth-order valence-electron chi connectivity index (χ4n) is 3.09. The van der Waals surface area contributed by atoms with E-state index in [1.54, 1.807) is 49.7 Å². The lowest BCUT2D eigenvalue weighted by Gasteiger charge is -2.28. The SMILES string of the molecule is COc1cnc(-c2ccc(NC(=O)Oc3ccccc3)cc2)nc1N1CCOCC1. The monoisotopic (exact) mass is 406 g/mol. The average molecular weight is 406 g/mol. The van der Waals surface area contributed by atoms with E-state index in [0.29, 0.717) is 36.2 Å². The van der Waals surface area contributed by atoms with Crippen molar-refractivity contribution in [2.45, 2.75) is 0 Å². The Balaban J connectivity index is 1.47. The molecule has 0 spiro atoms. The number of amides is 1. The Hall–Kier alpha value is -3.65. The molecule has 8 nitrogen and oxygen atoms in total. The van der Waals surface area contributed by atoms with Gasteiger partial charge in [0.1, 0.15) is 5.75 Å². The van der Waals surface area contributed by atoms with Crippen LogP contribution in [0.25, 0.3) is 11.4 Å². The van der Waals surface area contributed by atoms with Crippen LogP contribution in [-0.2, 0) is 4.74 Å². The molecular formula is C22H22N4O4. The van der Waals surface area contributed by atoms with Gasteiger partial charge in [0.15, 0.2) is 17.4 Å². The van der Waals surface area contributed by atoms with Crippen molar-refractivity contribution >= 4 is 17.6 Å². The van der Waals surface area contributed by atoms with Crippen molar-refractivity contribution in [2.24, 2.45) is 0 Å². The van der Waals surface area contributed by atoms with Crippen molar-refractivity contribution in [1.82, 2.24) is 9.97 Å². The van der Waals surface area contributed by atoms with Crippen LogP contribution >= 0.6 is 0 Å². The van der Waals surface area contributed by atoms with Gasteiger partial charge in [-0.2, -0.15) is 0 Å². The molecule has 0 atom stereocenters. The number of carbonyl (C=O) groups is 1. The van der Waals surface area contributed by atoms with Crippen LogP contribution in [0.15, 0.2) is 60.8 Å². The van der Waals surface area contributed by atoms with Crippen molar-refractivity contribution in [3.63, 3.8) is 0 Å². The van der Waals surface area contributed by atoms with E-state index in [0.717, 1.165) is 24.5 Å². The Morgan fingerprint density at radius 3 is 2.50 bits per heavy atom. The summed E-state index contributed by atoms with van der Waals surface area (Å²) in [5, 5.41) is 2.71. The molecule has 154 valence electrons. The van der Waals surface area contributed by atoms with Crippen LogP contribution in [0, 0.1) is 0 Å². The standard InChI is InChI=1S/C22H22N4O4/c1-28-19-15-23-20(25-21(19)26-11-13-29-14-12-26)16-7-9-17(10-8-16)24-22(27)30-18-5-3-2-4-6-18/h2-10,15H,11-14H2,1H3,(H,24,27). The summed E-state index contributed by atoms with van der Waals surface area (Å²) in [4.78, 5) is 23.3. The van der Waals surface area contributed by atoms with E-state index in [9.17, 15) is 4.79 Å². The molecule has 2 heterocycles. The maximum absolute atomic E-state index is 12.0. The fourth-order valence-corrected chi connectivity index (χ4v) is 3.09. The van der Waals surface area contributed by atoms with Gasteiger partial charge in [-0.25, -0.2) is 14.8 Å². The number of para-hydroxylation sites is 1. The van der Waals surface area contributed by atoms with E-state index in [1.165, 1.54) is 0 Å². The summed E-state index contributed by atoms with van der Waals surface area (Å²) < 4.78 is 16.1. The van der Waals surface area contributed by atoms with Crippen LogP contribution in [0.1, 0.15) is 0 Å². The molecule has 8 heteroatoms. The highest BCUT2D eigenvalue weighted by Gasteiger charge is 2.19. The second-order valence-electron chi connectivity index (χ2n) is 6.59. The third-order valence-electron chi connectivity index (χ3n) is 4.61. The molecular weight excluding hydrogens is 384 g/mol. The van der Waals surface area contributed by atoms with E-state index >= 15 is 0 Å². The number of anilines is 2. The number of nitrogens with zero attached hydrogens (tertiary/aromatic N) is 3. The molecule has 0 unspecified atom stereocenters. The first kappa shape index (κ1) is 19.7. The number of benzene rings is 2. The molecule has 1 fully saturated rings. The zero-order chi connectivity index (χ0) is 20.8. The Morgan fingerprint density at radius 2 is 1.80 bits per heavy atom. The number of hydrogen-bond donors (Lipinski definition) is 1. The first-order chi connectivity index (χ1) is 14.7. The smallest absolute Gasteiger partial charge is 0.417 e. The zero-order valence-electron chi connectivity index (χ0n) is 16.6. The van der Waals surface area contributed by atoms with E-state index in [1.807, 2.05) is 18.2 Å². The van der Waals surface area contributed by atoms with Gasteiger partial charge < -0.3 is 19.1 Å². The first-order valence-corrected chi connectivity index (χ1v) is 9.61. The molecule has 0 aliphatic carbocycles. The lowest BCUT2D eigenvalue weighted by molar-refractivity contribution is 0.122.